The second kappa shape index (κ2) is 7.22. The quantitative estimate of drug-likeness (QED) is 0.242. The molecule has 0 amide bonds. The third kappa shape index (κ3) is 2.99. The van der Waals surface area contributed by atoms with Crippen LogP contribution in [0, 0.1) is 0 Å². The third-order valence-electron chi connectivity index (χ3n) is 5.59. The van der Waals surface area contributed by atoms with Crippen LogP contribution >= 0.6 is 0 Å². The van der Waals surface area contributed by atoms with Crippen LogP contribution < -0.4 is 5.36 Å². The SMILES string of the molecule is c1ccc(N=c2cc3n(-c4ccccc4)c4ccccc4nc-3c3ccccc23)cc1. The van der Waals surface area contributed by atoms with Crippen molar-refractivity contribution in [3.8, 4) is 17.1 Å². The van der Waals surface area contributed by atoms with Gasteiger partial charge in [0.15, 0.2) is 0 Å². The van der Waals surface area contributed by atoms with Crippen molar-refractivity contribution in [1.29, 1.82) is 0 Å². The van der Waals surface area contributed by atoms with E-state index in [2.05, 4.69) is 77.4 Å². The van der Waals surface area contributed by atoms with Crippen LogP contribution in [0.15, 0.2) is 120 Å². The molecule has 1 heterocycles. The van der Waals surface area contributed by atoms with Crippen LogP contribution in [0.4, 0.5) is 5.69 Å². The molecule has 0 aromatic heterocycles. The Morgan fingerprint density at radius 2 is 1.26 bits per heavy atom. The zero-order valence-electron chi connectivity index (χ0n) is 16.8. The zero-order chi connectivity index (χ0) is 20.6. The van der Waals surface area contributed by atoms with Crippen LogP contribution in [0.2, 0.25) is 0 Å². The molecule has 6 rings (SSSR count). The number of hydrogen-bond donors (Lipinski definition) is 0. The Bertz CT molecular complexity index is 1570. The summed E-state index contributed by atoms with van der Waals surface area (Å²) in [6.07, 6.45) is 0. The van der Waals surface area contributed by atoms with E-state index in [1.807, 2.05) is 42.5 Å². The number of rotatable bonds is 2. The van der Waals surface area contributed by atoms with Gasteiger partial charge >= 0.3 is 0 Å². The van der Waals surface area contributed by atoms with E-state index in [0.29, 0.717) is 0 Å². The lowest BCUT2D eigenvalue weighted by molar-refractivity contribution is 1.08. The molecule has 0 N–H and O–H groups in total. The summed E-state index contributed by atoms with van der Waals surface area (Å²) in [6, 6.07) is 39.4. The highest BCUT2D eigenvalue weighted by molar-refractivity contribution is 5.98. The largest absolute Gasteiger partial charge is 0.306 e. The standard InChI is InChI=1S/C28H19N3/c1-3-11-20(12-4-1)29-25-19-27-28(23-16-8-7-15-22(23)25)30-24-17-9-10-18-26(24)31(27)21-13-5-2-6-14-21/h1-19H. The minimum absolute atomic E-state index is 0.937. The van der Waals surface area contributed by atoms with Gasteiger partial charge in [0, 0.05) is 16.5 Å². The molecular weight excluding hydrogens is 378 g/mol. The predicted octanol–water partition coefficient (Wildman–Crippen LogP) is 6.52. The minimum Gasteiger partial charge on any atom is -0.306 e. The van der Waals surface area contributed by atoms with Crippen molar-refractivity contribution in [1.82, 2.24) is 9.55 Å². The van der Waals surface area contributed by atoms with E-state index in [1.165, 1.54) is 0 Å². The molecule has 0 bridgehead atoms. The van der Waals surface area contributed by atoms with Gasteiger partial charge in [0.1, 0.15) is 0 Å². The number of aromatic nitrogens is 2. The van der Waals surface area contributed by atoms with E-state index >= 15 is 0 Å². The van der Waals surface area contributed by atoms with E-state index in [9.17, 15) is 0 Å². The van der Waals surface area contributed by atoms with Crippen molar-refractivity contribution in [2.75, 3.05) is 0 Å². The lowest BCUT2D eigenvalue weighted by Crippen LogP contribution is -2.12. The molecule has 0 fully saturated rings. The van der Waals surface area contributed by atoms with Gasteiger partial charge in [-0.2, -0.15) is 0 Å². The second-order valence-corrected chi connectivity index (χ2v) is 7.53. The van der Waals surface area contributed by atoms with Crippen LogP contribution in [-0.4, -0.2) is 9.55 Å². The maximum absolute atomic E-state index is 5.08. The van der Waals surface area contributed by atoms with Crippen LogP contribution in [0.3, 0.4) is 0 Å². The van der Waals surface area contributed by atoms with Crippen molar-refractivity contribution < 1.29 is 0 Å². The van der Waals surface area contributed by atoms with Gasteiger partial charge in [0.25, 0.3) is 0 Å². The summed E-state index contributed by atoms with van der Waals surface area (Å²) in [6.45, 7) is 0. The van der Waals surface area contributed by atoms with Gasteiger partial charge in [-0.05, 0) is 42.5 Å². The van der Waals surface area contributed by atoms with Crippen LogP contribution in [0.25, 0.3) is 38.9 Å². The highest BCUT2D eigenvalue weighted by Crippen LogP contribution is 2.32. The Hall–Kier alpha value is -4.24. The Balaban J connectivity index is 1.83. The molecule has 3 nitrogen and oxygen atoms in total. The number of benzene rings is 5. The first-order valence-electron chi connectivity index (χ1n) is 10.4. The van der Waals surface area contributed by atoms with E-state index in [1.54, 1.807) is 0 Å². The monoisotopic (exact) mass is 397 g/mol. The molecule has 1 aliphatic carbocycles. The van der Waals surface area contributed by atoms with Crippen LogP contribution in [0.1, 0.15) is 0 Å². The van der Waals surface area contributed by atoms with E-state index in [-0.39, 0.29) is 0 Å². The van der Waals surface area contributed by atoms with Crippen molar-refractivity contribution in [3.05, 3.63) is 121 Å². The third-order valence-corrected chi connectivity index (χ3v) is 5.59. The van der Waals surface area contributed by atoms with Crippen molar-refractivity contribution in [2.24, 2.45) is 4.99 Å². The fraction of sp³-hybridized carbons (Fsp3) is 0. The first kappa shape index (κ1) is 17.6. The normalized spacial score (nSPS) is 12.1. The molecule has 0 saturated heterocycles. The lowest BCUT2D eigenvalue weighted by Gasteiger charge is -2.20. The molecule has 31 heavy (non-hydrogen) atoms. The summed E-state index contributed by atoms with van der Waals surface area (Å²) < 4.78 is 2.29. The first-order chi connectivity index (χ1) is 15.4. The van der Waals surface area contributed by atoms with Gasteiger partial charge in [-0.15, -0.1) is 0 Å². The number of para-hydroxylation sites is 4. The fourth-order valence-electron chi connectivity index (χ4n) is 4.20. The molecule has 0 saturated carbocycles. The van der Waals surface area contributed by atoms with Crippen molar-refractivity contribution in [2.45, 2.75) is 0 Å². The van der Waals surface area contributed by atoms with Gasteiger partial charge in [0.2, 0.25) is 0 Å². The molecule has 0 unspecified atom stereocenters. The molecule has 0 atom stereocenters. The molecule has 3 heteroatoms. The topological polar surface area (TPSA) is 30.2 Å². The molecule has 4 aromatic rings. The maximum atomic E-state index is 5.08. The van der Waals surface area contributed by atoms with Crippen molar-refractivity contribution in [3.63, 3.8) is 0 Å². The Morgan fingerprint density at radius 1 is 0.613 bits per heavy atom. The highest BCUT2D eigenvalue weighted by Gasteiger charge is 2.17. The molecule has 4 aromatic carbocycles. The summed E-state index contributed by atoms with van der Waals surface area (Å²) in [5.74, 6) is 0. The molecule has 146 valence electrons. The second-order valence-electron chi connectivity index (χ2n) is 7.53. The van der Waals surface area contributed by atoms with Gasteiger partial charge in [-0.1, -0.05) is 72.8 Å². The Morgan fingerprint density at radius 3 is 2.06 bits per heavy atom. The van der Waals surface area contributed by atoms with Gasteiger partial charge in [0.05, 0.1) is 33.5 Å². The summed E-state index contributed by atoms with van der Waals surface area (Å²) in [4.78, 5) is 10.1. The van der Waals surface area contributed by atoms with E-state index in [4.69, 9.17) is 9.98 Å². The summed E-state index contributed by atoms with van der Waals surface area (Å²) in [5, 5.41) is 3.14. The molecule has 0 spiro atoms. The van der Waals surface area contributed by atoms with Gasteiger partial charge in [-0.3, -0.25) is 0 Å². The Labute approximate surface area is 179 Å². The molecular formula is C28H19N3. The molecule has 2 aliphatic rings. The maximum Gasteiger partial charge on any atom is 0.0958 e. The number of fused-ring (bicyclic) bond motifs is 4. The Kier molecular flexibility index (Phi) is 4.10. The smallest absolute Gasteiger partial charge is 0.0958 e. The van der Waals surface area contributed by atoms with E-state index in [0.717, 1.165) is 49.9 Å². The van der Waals surface area contributed by atoms with Crippen LogP contribution in [0.5, 0.6) is 0 Å². The first-order valence-corrected chi connectivity index (χ1v) is 10.4. The van der Waals surface area contributed by atoms with Gasteiger partial charge < -0.3 is 4.57 Å². The number of nitrogens with zero attached hydrogens (tertiary/aromatic N) is 3. The highest BCUT2D eigenvalue weighted by atomic mass is 15.0. The predicted molar refractivity (Wildman–Crippen MR) is 127 cm³/mol. The lowest BCUT2D eigenvalue weighted by atomic mass is 10.0. The zero-order valence-corrected chi connectivity index (χ0v) is 16.8. The van der Waals surface area contributed by atoms with Gasteiger partial charge in [-0.25, -0.2) is 9.98 Å². The molecule has 0 radical (unpaired) electrons. The van der Waals surface area contributed by atoms with Crippen LogP contribution in [-0.2, 0) is 0 Å². The van der Waals surface area contributed by atoms with Crippen molar-refractivity contribution >= 4 is 27.5 Å². The summed E-state index contributed by atoms with van der Waals surface area (Å²) in [5.41, 5.74) is 6.10. The van der Waals surface area contributed by atoms with E-state index < -0.39 is 0 Å². The fourth-order valence-corrected chi connectivity index (χ4v) is 4.20. The number of hydrogen-bond acceptors (Lipinski definition) is 2. The average Bonchev–Trinajstić information content (AvgIpc) is 2.84. The summed E-state index contributed by atoms with van der Waals surface area (Å²) in [7, 11) is 0. The summed E-state index contributed by atoms with van der Waals surface area (Å²) >= 11 is 0. The average molecular weight is 397 g/mol. The molecule has 1 aliphatic heterocycles. The minimum atomic E-state index is 0.937.